The van der Waals surface area contributed by atoms with E-state index < -0.39 is 0 Å². The van der Waals surface area contributed by atoms with Gasteiger partial charge in [-0.25, -0.2) is 4.98 Å². The van der Waals surface area contributed by atoms with Crippen molar-refractivity contribution in [2.45, 2.75) is 25.8 Å². The summed E-state index contributed by atoms with van der Waals surface area (Å²) < 4.78 is 0. The molecule has 2 aliphatic heterocycles. The number of likely N-dealkylation sites (N-methyl/N-ethyl adjacent to an activating group) is 1. The molecule has 2 bridgehead atoms. The molecular formula is C24H28N6O. The Balaban J connectivity index is 0.000000180. The molecule has 31 heavy (non-hydrogen) atoms. The molecule has 0 saturated carbocycles. The van der Waals surface area contributed by atoms with Crippen molar-refractivity contribution in [1.29, 1.82) is 0 Å². The van der Waals surface area contributed by atoms with Crippen LogP contribution in [-0.4, -0.2) is 54.1 Å². The molecule has 0 spiro atoms. The number of anilines is 2. The summed E-state index contributed by atoms with van der Waals surface area (Å²) in [5, 5.41) is 2.59. The predicted molar refractivity (Wildman–Crippen MR) is 123 cm³/mol. The van der Waals surface area contributed by atoms with Gasteiger partial charge in [-0.05, 0) is 55.7 Å². The zero-order chi connectivity index (χ0) is 21.6. The first-order valence-electron chi connectivity index (χ1n) is 10.6. The van der Waals surface area contributed by atoms with E-state index in [0.29, 0.717) is 19.0 Å². The van der Waals surface area contributed by atoms with Crippen molar-refractivity contribution < 1.29 is 4.79 Å². The van der Waals surface area contributed by atoms with Crippen LogP contribution in [0.1, 0.15) is 17.7 Å². The van der Waals surface area contributed by atoms with Gasteiger partial charge in [0.2, 0.25) is 6.41 Å². The van der Waals surface area contributed by atoms with Crippen molar-refractivity contribution in [3.63, 3.8) is 0 Å². The Morgan fingerprint density at radius 2 is 2.13 bits per heavy atom. The van der Waals surface area contributed by atoms with Gasteiger partial charge in [0.15, 0.2) is 5.82 Å². The molecule has 1 atom stereocenters. The molecule has 5 rings (SSSR count). The molecule has 1 amide bonds. The first-order chi connectivity index (χ1) is 15.2. The third kappa shape index (κ3) is 4.82. The smallest absolute Gasteiger partial charge is 0.207 e. The number of fused-ring (bicyclic) bond motifs is 4. The van der Waals surface area contributed by atoms with Crippen LogP contribution in [0.2, 0.25) is 0 Å². The van der Waals surface area contributed by atoms with E-state index >= 15 is 0 Å². The van der Waals surface area contributed by atoms with E-state index in [0.717, 1.165) is 47.8 Å². The number of amides is 1. The minimum Gasteiger partial charge on any atom is -0.366 e. The zero-order valence-corrected chi connectivity index (χ0v) is 18.0. The van der Waals surface area contributed by atoms with E-state index in [1.807, 2.05) is 31.3 Å². The maximum absolute atomic E-state index is 9.87. The summed E-state index contributed by atoms with van der Waals surface area (Å²) in [6.45, 7) is 4.98. The van der Waals surface area contributed by atoms with E-state index in [9.17, 15) is 4.79 Å². The first kappa shape index (κ1) is 20.8. The monoisotopic (exact) mass is 416 g/mol. The fourth-order valence-electron chi connectivity index (χ4n) is 4.08. The highest BCUT2D eigenvalue weighted by Crippen LogP contribution is 2.38. The van der Waals surface area contributed by atoms with E-state index in [-0.39, 0.29) is 0 Å². The zero-order valence-electron chi connectivity index (χ0n) is 18.0. The average Bonchev–Trinajstić information content (AvgIpc) is 3.25. The van der Waals surface area contributed by atoms with Crippen molar-refractivity contribution in [3.8, 4) is 11.3 Å². The molecule has 0 radical (unpaired) electrons. The molecule has 160 valence electrons. The van der Waals surface area contributed by atoms with Gasteiger partial charge in [0.05, 0.1) is 11.4 Å². The van der Waals surface area contributed by atoms with Crippen LogP contribution in [-0.2, 0) is 11.2 Å². The topological polar surface area (TPSA) is 74.2 Å². The van der Waals surface area contributed by atoms with Gasteiger partial charge in [0, 0.05) is 62.6 Å². The second-order valence-corrected chi connectivity index (χ2v) is 7.91. The lowest BCUT2D eigenvalue weighted by molar-refractivity contribution is -0.109. The molecular weight excluding hydrogens is 388 g/mol. The van der Waals surface area contributed by atoms with Crippen LogP contribution in [0, 0.1) is 6.92 Å². The molecule has 1 N–H and O–H groups in total. The minimum atomic E-state index is 0.615. The summed E-state index contributed by atoms with van der Waals surface area (Å²) in [7, 11) is 2.17. The number of aryl methyl sites for hydroxylation is 1. The number of carbonyl (C=O) groups is 1. The van der Waals surface area contributed by atoms with Crippen LogP contribution < -0.4 is 15.1 Å². The molecule has 7 heteroatoms. The average molecular weight is 417 g/mol. The molecule has 2 aliphatic rings. The lowest BCUT2D eigenvalue weighted by Gasteiger charge is -2.34. The van der Waals surface area contributed by atoms with E-state index in [1.165, 1.54) is 12.1 Å². The molecule has 1 saturated heterocycles. The summed E-state index contributed by atoms with van der Waals surface area (Å²) in [5.41, 5.74) is 5.61. The third-order valence-corrected chi connectivity index (χ3v) is 5.80. The standard InChI is InChI=1S/C16H18N4.C8H10N2O/c1-11-9-12(5-7-17-11)14-3-4-15-16(18-14)19(2)13-6-8-20(15)10-13;11-7-10-5-3-8-2-1-4-9-6-8/h3-5,7,9,13H,6,8,10H2,1-2H3;1-2,4,6-7H,3,5H2,(H,10,11). The summed E-state index contributed by atoms with van der Waals surface area (Å²) >= 11 is 0. The number of nitrogens with zero attached hydrogens (tertiary/aromatic N) is 5. The summed E-state index contributed by atoms with van der Waals surface area (Å²) in [6, 6.07) is 12.9. The van der Waals surface area contributed by atoms with Crippen molar-refractivity contribution in [2.24, 2.45) is 0 Å². The lowest BCUT2D eigenvalue weighted by atomic mass is 10.1. The Morgan fingerprint density at radius 3 is 2.90 bits per heavy atom. The largest absolute Gasteiger partial charge is 0.366 e. The second-order valence-electron chi connectivity index (χ2n) is 7.91. The Hall–Kier alpha value is -3.48. The molecule has 7 nitrogen and oxygen atoms in total. The van der Waals surface area contributed by atoms with Crippen molar-refractivity contribution in [3.05, 3.63) is 66.2 Å². The number of pyridine rings is 3. The molecule has 1 fully saturated rings. The first-order valence-corrected chi connectivity index (χ1v) is 10.6. The molecule has 0 aliphatic carbocycles. The number of nitrogens with one attached hydrogen (secondary N) is 1. The number of hydrogen-bond acceptors (Lipinski definition) is 6. The molecule has 5 heterocycles. The van der Waals surface area contributed by atoms with Gasteiger partial charge in [0.25, 0.3) is 0 Å². The van der Waals surface area contributed by atoms with Gasteiger partial charge in [-0.1, -0.05) is 6.07 Å². The number of rotatable bonds is 5. The van der Waals surface area contributed by atoms with Crippen LogP contribution in [0.5, 0.6) is 0 Å². The number of carbonyl (C=O) groups excluding carboxylic acids is 1. The van der Waals surface area contributed by atoms with E-state index in [1.54, 1.807) is 12.4 Å². The van der Waals surface area contributed by atoms with Gasteiger partial charge < -0.3 is 15.1 Å². The van der Waals surface area contributed by atoms with Crippen LogP contribution >= 0.6 is 0 Å². The van der Waals surface area contributed by atoms with Gasteiger partial charge >= 0.3 is 0 Å². The fourth-order valence-corrected chi connectivity index (χ4v) is 4.08. The Morgan fingerprint density at radius 1 is 1.23 bits per heavy atom. The Kier molecular flexibility index (Phi) is 6.40. The van der Waals surface area contributed by atoms with Gasteiger partial charge in [0.1, 0.15) is 0 Å². The lowest BCUT2D eigenvalue weighted by Crippen LogP contribution is -2.40. The fraction of sp³-hybridized carbons (Fsp3) is 0.333. The molecule has 3 aromatic rings. The summed E-state index contributed by atoms with van der Waals surface area (Å²) in [5.74, 6) is 1.12. The number of aromatic nitrogens is 3. The molecule has 0 aromatic carbocycles. The number of hydrogen-bond donors (Lipinski definition) is 1. The second kappa shape index (κ2) is 9.55. The highest BCUT2D eigenvalue weighted by atomic mass is 16.1. The summed E-state index contributed by atoms with van der Waals surface area (Å²) in [6.07, 6.45) is 8.16. The van der Waals surface area contributed by atoms with Crippen molar-refractivity contribution >= 4 is 17.9 Å². The highest BCUT2D eigenvalue weighted by molar-refractivity contribution is 5.75. The summed E-state index contributed by atoms with van der Waals surface area (Å²) in [4.78, 5) is 27.8. The maximum Gasteiger partial charge on any atom is 0.207 e. The highest BCUT2D eigenvalue weighted by Gasteiger charge is 2.34. The van der Waals surface area contributed by atoms with Gasteiger partial charge in [-0.2, -0.15) is 0 Å². The van der Waals surface area contributed by atoms with E-state index in [2.05, 4.69) is 50.3 Å². The van der Waals surface area contributed by atoms with Gasteiger partial charge in [-0.3, -0.25) is 14.8 Å². The van der Waals surface area contributed by atoms with Crippen LogP contribution in [0.4, 0.5) is 11.5 Å². The predicted octanol–water partition coefficient (Wildman–Crippen LogP) is 2.85. The Bertz CT molecular complexity index is 1030. The molecule has 3 aromatic heterocycles. The van der Waals surface area contributed by atoms with Crippen molar-refractivity contribution in [1.82, 2.24) is 20.3 Å². The van der Waals surface area contributed by atoms with Gasteiger partial charge in [-0.15, -0.1) is 0 Å². The minimum absolute atomic E-state index is 0.615. The van der Waals surface area contributed by atoms with Crippen LogP contribution in [0.15, 0.2) is 55.0 Å². The SMILES string of the molecule is Cc1cc(-c2ccc3c(n2)N(C)C2CCN3C2)ccn1.O=CNCCc1cccnc1. The quantitative estimate of drug-likeness (QED) is 0.509. The van der Waals surface area contributed by atoms with Crippen molar-refractivity contribution in [2.75, 3.05) is 36.5 Å². The Labute approximate surface area is 183 Å². The van der Waals surface area contributed by atoms with Crippen LogP contribution in [0.25, 0.3) is 11.3 Å². The normalized spacial score (nSPS) is 16.3. The maximum atomic E-state index is 9.87. The molecule has 1 unspecified atom stereocenters. The third-order valence-electron chi connectivity index (χ3n) is 5.80. The van der Waals surface area contributed by atoms with E-state index in [4.69, 9.17) is 4.98 Å². The van der Waals surface area contributed by atoms with Crippen LogP contribution in [0.3, 0.4) is 0 Å².